The first-order chi connectivity index (χ1) is 15.1. The van der Waals surface area contributed by atoms with Crippen molar-refractivity contribution in [3.05, 3.63) is 92.6 Å². The van der Waals surface area contributed by atoms with Crippen LogP contribution in [0.2, 0.25) is 5.02 Å². The topological polar surface area (TPSA) is 58.6 Å². The third-order valence-corrected chi connectivity index (χ3v) is 6.63. The van der Waals surface area contributed by atoms with Crippen LogP contribution in [0.15, 0.2) is 66.0 Å². The summed E-state index contributed by atoms with van der Waals surface area (Å²) >= 11 is 7.63. The second kappa shape index (κ2) is 9.64. The van der Waals surface area contributed by atoms with E-state index in [9.17, 15) is 9.59 Å². The molecule has 31 heavy (non-hydrogen) atoms. The maximum Gasteiger partial charge on any atom is 0.254 e. The number of methoxy groups -OCH3 is 1. The van der Waals surface area contributed by atoms with Gasteiger partial charge in [0.2, 0.25) is 5.91 Å². The van der Waals surface area contributed by atoms with Crippen LogP contribution in [-0.4, -0.2) is 37.0 Å². The Kier molecular flexibility index (Phi) is 6.70. The molecule has 0 bridgehead atoms. The first kappa shape index (κ1) is 21.6. The number of benzene rings is 2. The minimum absolute atomic E-state index is 0.0788. The molecule has 3 aromatic rings. The number of hydrogen-bond donors (Lipinski definition) is 1. The number of halogens is 1. The zero-order chi connectivity index (χ0) is 21.8. The molecule has 5 nitrogen and oxygen atoms in total. The van der Waals surface area contributed by atoms with E-state index < -0.39 is 12.0 Å². The van der Waals surface area contributed by atoms with Gasteiger partial charge in [-0.25, -0.2) is 0 Å². The fourth-order valence-electron chi connectivity index (χ4n) is 4.03. The summed E-state index contributed by atoms with van der Waals surface area (Å²) in [6, 6.07) is 18.3. The van der Waals surface area contributed by atoms with E-state index >= 15 is 0 Å². The van der Waals surface area contributed by atoms with Gasteiger partial charge in [0.25, 0.3) is 5.91 Å². The van der Waals surface area contributed by atoms with Gasteiger partial charge in [-0.15, -0.1) is 11.3 Å². The summed E-state index contributed by atoms with van der Waals surface area (Å²) in [6.07, 6.45) is 0. The predicted molar refractivity (Wildman–Crippen MR) is 122 cm³/mol. The highest BCUT2D eigenvalue weighted by molar-refractivity contribution is 7.10. The van der Waals surface area contributed by atoms with Crippen molar-refractivity contribution in [2.45, 2.75) is 18.5 Å². The van der Waals surface area contributed by atoms with Crippen LogP contribution >= 0.6 is 22.9 Å². The molecule has 0 radical (unpaired) electrons. The molecule has 0 fully saturated rings. The highest BCUT2D eigenvalue weighted by atomic mass is 35.5. The van der Waals surface area contributed by atoms with Gasteiger partial charge >= 0.3 is 0 Å². The quantitative estimate of drug-likeness (QED) is 0.565. The Morgan fingerprint density at radius 1 is 1.16 bits per heavy atom. The lowest BCUT2D eigenvalue weighted by atomic mass is 9.81. The van der Waals surface area contributed by atoms with Gasteiger partial charge in [0, 0.05) is 35.7 Å². The standard InChI is InChI=1S/C24H23ClN2O3S/c1-30-12-11-27-22(20-10-5-13-31-20)21(18-8-2-3-9-19(18)24(27)29)23(28)26-15-16-6-4-7-17(25)14-16/h2-10,13-14,21-22H,11-12,15H2,1H3,(H,26,28)/t21-,22-/m1/s1. The number of thiophene rings is 1. The molecule has 0 saturated heterocycles. The van der Waals surface area contributed by atoms with Gasteiger partial charge in [0.1, 0.15) is 0 Å². The molecule has 4 rings (SSSR count). The maximum absolute atomic E-state index is 13.5. The number of nitrogens with one attached hydrogen (secondary N) is 1. The molecule has 0 spiro atoms. The van der Waals surface area contributed by atoms with Gasteiger partial charge in [0.05, 0.1) is 18.6 Å². The van der Waals surface area contributed by atoms with Crippen LogP contribution in [0, 0.1) is 0 Å². The molecule has 1 N–H and O–H groups in total. The first-order valence-corrected chi connectivity index (χ1v) is 11.3. The van der Waals surface area contributed by atoms with Crippen molar-refractivity contribution in [3.63, 3.8) is 0 Å². The Morgan fingerprint density at radius 3 is 2.74 bits per heavy atom. The summed E-state index contributed by atoms with van der Waals surface area (Å²) in [5.74, 6) is -0.728. The molecule has 0 saturated carbocycles. The number of amides is 2. The number of nitrogens with zero attached hydrogens (tertiary/aromatic N) is 1. The Balaban J connectivity index is 1.71. The SMILES string of the molecule is COCCN1C(=O)c2ccccc2[C@@H](C(=O)NCc2cccc(Cl)c2)[C@H]1c1cccs1. The molecule has 1 aliphatic rings. The van der Waals surface area contributed by atoms with E-state index in [0.717, 1.165) is 16.0 Å². The molecule has 2 heterocycles. The van der Waals surface area contributed by atoms with E-state index in [0.29, 0.717) is 30.3 Å². The molecule has 1 aromatic heterocycles. The molecule has 1 aliphatic heterocycles. The molecule has 0 unspecified atom stereocenters. The Bertz CT molecular complexity index is 1070. The number of carbonyl (C=O) groups excluding carboxylic acids is 2. The maximum atomic E-state index is 13.5. The first-order valence-electron chi connectivity index (χ1n) is 10.0. The van der Waals surface area contributed by atoms with Crippen molar-refractivity contribution in [3.8, 4) is 0 Å². The minimum atomic E-state index is -0.524. The van der Waals surface area contributed by atoms with Gasteiger partial charge in [-0.05, 0) is 40.8 Å². The number of rotatable bonds is 7. The molecule has 0 aliphatic carbocycles. The fraction of sp³-hybridized carbons (Fsp3) is 0.250. The van der Waals surface area contributed by atoms with Gasteiger partial charge in [-0.2, -0.15) is 0 Å². The summed E-state index contributed by atoms with van der Waals surface area (Å²) < 4.78 is 5.26. The minimum Gasteiger partial charge on any atom is -0.383 e. The summed E-state index contributed by atoms with van der Waals surface area (Å²) in [5.41, 5.74) is 2.24. The highest BCUT2D eigenvalue weighted by Gasteiger charge is 2.44. The molecular weight excluding hydrogens is 432 g/mol. The Hall–Kier alpha value is -2.67. The fourth-order valence-corrected chi connectivity index (χ4v) is 5.12. The molecule has 2 amide bonds. The summed E-state index contributed by atoms with van der Waals surface area (Å²) in [4.78, 5) is 29.6. The van der Waals surface area contributed by atoms with Crippen LogP contribution in [0.25, 0.3) is 0 Å². The zero-order valence-electron chi connectivity index (χ0n) is 17.1. The largest absolute Gasteiger partial charge is 0.383 e. The van der Waals surface area contributed by atoms with E-state index in [2.05, 4.69) is 5.32 Å². The number of fused-ring (bicyclic) bond motifs is 1. The Morgan fingerprint density at radius 2 is 2.00 bits per heavy atom. The van der Waals surface area contributed by atoms with Crippen LogP contribution < -0.4 is 5.32 Å². The summed E-state index contributed by atoms with van der Waals surface area (Å²) in [6.45, 7) is 1.16. The smallest absolute Gasteiger partial charge is 0.254 e. The molecular formula is C24H23ClN2O3S. The van der Waals surface area contributed by atoms with Crippen LogP contribution in [0.1, 0.15) is 38.3 Å². The molecule has 2 aromatic carbocycles. The molecule has 160 valence electrons. The van der Waals surface area contributed by atoms with Crippen molar-refractivity contribution in [1.82, 2.24) is 10.2 Å². The monoisotopic (exact) mass is 454 g/mol. The van der Waals surface area contributed by atoms with Crippen LogP contribution in [-0.2, 0) is 16.1 Å². The summed E-state index contributed by atoms with van der Waals surface area (Å²) in [7, 11) is 1.61. The van der Waals surface area contributed by atoms with E-state index in [1.54, 1.807) is 35.5 Å². The highest BCUT2D eigenvalue weighted by Crippen LogP contribution is 2.44. The van der Waals surface area contributed by atoms with Gasteiger partial charge in [-0.3, -0.25) is 9.59 Å². The average molecular weight is 455 g/mol. The normalized spacial score (nSPS) is 18.0. The van der Waals surface area contributed by atoms with Gasteiger partial charge in [0.15, 0.2) is 0 Å². The van der Waals surface area contributed by atoms with Crippen molar-refractivity contribution in [1.29, 1.82) is 0 Å². The third-order valence-electron chi connectivity index (χ3n) is 5.45. The predicted octanol–water partition coefficient (Wildman–Crippen LogP) is 4.65. The van der Waals surface area contributed by atoms with E-state index in [1.165, 1.54) is 0 Å². The lowest BCUT2D eigenvalue weighted by molar-refractivity contribution is -0.124. The molecule has 2 atom stereocenters. The van der Waals surface area contributed by atoms with Crippen molar-refractivity contribution < 1.29 is 14.3 Å². The second-order valence-electron chi connectivity index (χ2n) is 7.36. The zero-order valence-corrected chi connectivity index (χ0v) is 18.7. The average Bonchev–Trinajstić information content (AvgIpc) is 3.31. The van der Waals surface area contributed by atoms with Crippen molar-refractivity contribution in [2.24, 2.45) is 0 Å². The lowest BCUT2D eigenvalue weighted by Crippen LogP contribution is -2.48. The van der Waals surface area contributed by atoms with Crippen LogP contribution in [0.5, 0.6) is 0 Å². The van der Waals surface area contributed by atoms with Crippen molar-refractivity contribution in [2.75, 3.05) is 20.3 Å². The van der Waals surface area contributed by atoms with Crippen LogP contribution in [0.3, 0.4) is 0 Å². The third kappa shape index (κ3) is 4.51. The number of hydrogen-bond acceptors (Lipinski definition) is 4. The van der Waals surface area contributed by atoms with Gasteiger partial charge in [-0.1, -0.05) is 48.0 Å². The van der Waals surface area contributed by atoms with Crippen molar-refractivity contribution >= 4 is 34.8 Å². The Labute approximate surface area is 190 Å². The number of ether oxygens (including phenoxy) is 1. The molecule has 7 heteroatoms. The van der Waals surface area contributed by atoms with E-state index in [1.807, 2.05) is 53.9 Å². The van der Waals surface area contributed by atoms with Crippen LogP contribution in [0.4, 0.5) is 0 Å². The number of carbonyl (C=O) groups is 2. The van der Waals surface area contributed by atoms with E-state index in [-0.39, 0.29) is 11.8 Å². The van der Waals surface area contributed by atoms with Gasteiger partial charge < -0.3 is 15.0 Å². The second-order valence-corrected chi connectivity index (χ2v) is 8.78. The summed E-state index contributed by atoms with van der Waals surface area (Å²) in [5, 5.41) is 5.65. The lowest BCUT2D eigenvalue weighted by Gasteiger charge is -2.41. The van der Waals surface area contributed by atoms with E-state index in [4.69, 9.17) is 16.3 Å².